The summed E-state index contributed by atoms with van der Waals surface area (Å²) in [7, 11) is 0. The molecule has 0 aliphatic carbocycles. The standard InChI is InChI=1S/C10H9NOS2/c1-13-7-5-8(11-10(12)6-7)9-3-2-4-14-9/h2-6H,1H3,(H,11,12). The van der Waals surface area contributed by atoms with Crippen LogP contribution in [0.15, 0.2) is 39.3 Å². The maximum Gasteiger partial charge on any atom is 0.249 e. The summed E-state index contributed by atoms with van der Waals surface area (Å²) in [5.41, 5.74) is 0.858. The number of rotatable bonds is 2. The number of hydrogen-bond acceptors (Lipinski definition) is 3. The second-order valence-electron chi connectivity index (χ2n) is 2.78. The van der Waals surface area contributed by atoms with E-state index in [-0.39, 0.29) is 5.56 Å². The van der Waals surface area contributed by atoms with Crippen LogP contribution >= 0.6 is 23.1 Å². The van der Waals surface area contributed by atoms with Crippen LogP contribution in [0.4, 0.5) is 0 Å². The molecule has 0 fully saturated rings. The van der Waals surface area contributed by atoms with Crippen molar-refractivity contribution < 1.29 is 0 Å². The molecule has 14 heavy (non-hydrogen) atoms. The Labute approximate surface area is 90.0 Å². The lowest BCUT2D eigenvalue weighted by Crippen LogP contribution is -2.04. The Balaban J connectivity index is 2.54. The lowest BCUT2D eigenvalue weighted by Gasteiger charge is -1.99. The normalized spacial score (nSPS) is 10.4. The number of H-pyrrole nitrogens is 1. The van der Waals surface area contributed by atoms with Crippen LogP contribution in [-0.2, 0) is 0 Å². The molecule has 0 aromatic carbocycles. The van der Waals surface area contributed by atoms with Gasteiger partial charge in [0.25, 0.3) is 0 Å². The summed E-state index contributed by atoms with van der Waals surface area (Å²) in [6, 6.07) is 7.59. The Hall–Kier alpha value is -1.00. The van der Waals surface area contributed by atoms with Crippen LogP contribution in [0.3, 0.4) is 0 Å². The van der Waals surface area contributed by atoms with Crippen LogP contribution < -0.4 is 5.56 Å². The average Bonchev–Trinajstić information content (AvgIpc) is 2.69. The van der Waals surface area contributed by atoms with Gasteiger partial charge in [-0.1, -0.05) is 6.07 Å². The lowest BCUT2D eigenvalue weighted by atomic mass is 10.3. The molecule has 0 bridgehead atoms. The topological polar surface area (TPSA) is 32.9 Å². The van der Waals surface area contributed by atoms with Crippen LogP contribution in [0.2, 0.25) is 0 Å². The molecule has 0 saturated carbocycles. The van der Waals surface area contributed by atoms with Crippen molar-refractivity contribution in [2.24, 2.45) is 0 Å². The minimum absolute atomic E-state index is 0.0414. The van der Waals surface area contributed by atoms with Gasteiger partial charge in [0.15, 0.2) is 0 Å². The first-order valence-corrected chi connectivity index (χ1v) is 6.22. The second-order valence-corrected chi connectivity index (χ2v) is 4.60. The van der Waals surface area contributed by atoms with E-state index in [2.05, 4.69) is 4.98 Å². The molecule has 2 heterocycles. The number of thiophene rings is 1. The zero-order valence-electron chi connectivity index (χ0n) is 7.61. The van der Waals surface area contributed by atoms with Crippen molar-refractivity contribution in [2.45, 2.75) is 4.90 Å². The van der Waals surface area contributed by atoms with Gasteiger partial charge in [-0.3, -0.25) is 4.79 Å². The molecule has 0 aliphatic rings. The van der Waals surface area contributed by atoms with Gasteiger partial charge in [0.2, 0.25) is 5.56 Å². The third-order valence-corrected chi connectivity index (χ3v) is 3.45. The average molecular weight is 223 g/mol. The molecule has 4 heteroatoms. The van der Waals surface area contributed by atoms with Gasteiger partial charge in [-0.25, -0.2) is 0 Å². The molecule has 0 saturated heterocycles. The Morgan fingerprint density at radius 2 is 2.29 bits per heavy atom. The fourth-order valence-electron chi connectivity index (χ4n) is 1.20. The first-order chi connectivity index (χ1) is 6.79. The molecule has 0 radical (unpaired) electrons. The summed E-state index contributed by atoms with van der Waals surface area (Å²) in [5, 5.41) is 2.00. The largest absolute Gasteiger partial charge is 0.321 e. The minimum Gasteiger partial charge on any atom is -0.321 e. The summed E-state index contributed by atoms with van der Waals surface area (Å²) in [5.74, 6) is 0. The van der Waals surface area contributed by atoms with Gasteiger partial charge < -0.3 is 4.98 Å². The van der Waals surface area contributed by atoms with Crippen molar-refractivity contribution in [3.05, 3.63) is 40.0 Å². The zero-order chi connectivity index (χ0) is 9.97. The molecule has 1 N–H and O–H groups in total. The third kappa shape index (κ3) is 1.91. The summed E-state index contributed by atoms with van der Waals surface area (Å²) >= 11 is 3.20. The number of aromatic amines is 1. The highest BCUT2D eigenvalue weighted by molar-refractivity contribution is 7.98. The molecule has 72 valence electrons. The van der Waals surface area contributed by atoms with E-state index >= 15 is 0 Å². The zero-order valence-corrected chi connectivity index (χ0v) is 9.24. The Morgan fingerprint density at radius 1 is 1.43 bits per heavy atom. The fraction of sp³-hybridized carbons (Fsp3) is 0.100. The van der Waals surface area contributed by atoms with E-state index in [0.29, 0.717) is 0 Å². The maximum absolute atomic E-state index is 11.3. The molecule has 0 amide bonds. The number of hydrogen-bond donors (Lipinski definition) is 1. The number of nitrogens with one attached hydrogen (secondary N) is 1. The van der Waals surface area contributed by atoms with Gasteiger partial charge in [0.05, 0.1) is 10.6 Å². The molecule has 0 atom stereocenters. The van der Waals surface area contributed by atoms with Gasteiger partial charge in [-0.05, 0) is 23.8 Å². The van der Waals surface area contributed by atoms with Crippen LogP contribution in [-0.4, -0.2) is 11.2 Å². The molecular weight excluding hydrogens is 214 g/mol. The number of thioether (sulfide) groups is 1. The van der Waals surface area contributed by atoms with Crippen molar-refractivity contribution in [1.82, 2.24) is 4.98 Å². The molecule has 2 aromatic heterocycles. The first kappa shape index (κ1) is 9.55. The Kier molecular flexibility index (Phi) is 2.74. The lowest BCUT2D eigenvalue weighted by molar-refractivity contribution is 1.20. The van der Waals surface area contributed by atoms with Gasteiger partial charge in [0, 0.05) is 11.0 Å². The fourth-order valence-corrected chi connectivity index (χ4v) is 2.36. The summed E-state index contributed by atoms with van der Waals surface area (Å²) in [4.78, 5) is 16.2. The summed E-state index contributed by atoms with van der Waals surface area (Å²) in [6.07, 6.45) is 1.97. The highest BCUT2D eigenvalue weighted by atomic mass is 32.2. The van der Waals surface area contributed by atoms with Crippen molar-refractivity contribution in [1.29, 1.82) is 0 Å². The molecule has 0 aliphatic heterocycles. The monoisotopic (exact) mass is 223 g/mol. The van der Waals surface area contributed by atoms with Crippen molar-refractivity contribution in [2.75, 3.05) is 6.26 Å². The minimum atomic E-state index is -0.0414. The Bertz CT molecular complexity index is 473. The Morgan fingerprint density at radius 3 is 2.93 bits per heavy atom. The summed E-state index contributed by atoms with van der Waals surface area (Å²) in [6.45, 7) is 0. The van der Waals surface area contributed by atoms with Gasteiger partial charge in [-0.2, -0.15) is 0 Å². The number of pyridine rings is 1. The highest BCUT2D eigenvalue weighted by Gasteiger charge is 2.01. The van der Waals surface area contributed by atoms with Gasteiger partial charge >= 0.3 is 0 Å². The van der Waals surface area contributed by atoms with Gasteiger partial charge in [-0.15, -0.1) is 23.1 Å². The highest BCUT2D eigenvalue weighted by Crippen LogP contribution is 2.24. The third-order valence-electron chi connectivity index (χ3n) is 1.84. The molecule has 0 spiro atoms. The molecule has 2 rings (SSSR count). The van der Waals surface area contributed by atoms with E-state index in [0.717, 1.165) is 15.5 Å². The van der Waals surface area contributed by atoms with E-state index in [1.54, 1.807) is 29.2 Å². The molecule has 2 aromatic rings. The molecule has 2 nitrogen and oxygen atoms in total. The SMILES string of the molecule is CSc1cc(-c2cccs2)[nH]c(=O)c1. The molecular formula is C10H9NOS2. The van der Waals surface area contributed by atoms with Crippen molar-refractivity contribution >= 4 is 23.1 Å². The first-order valence-electron chi connectivity index (χ1n) is 4.12. The van der Waals surface area contributed by atoms with E-state index < -0.39 is 0 Å². The smallest absolute Gasteiger partial charge is 0.249 e. The van der Waals surface area contributed by atoms with Crippen molar-refractivity contribution in [3.8, 4) is 10.6 Å². The van der Waals surface area contributed by atoms with Crippen LogP contribution in [0.1, 0.15) is 0 Å². The van der Waals surface area contributed by atoms with E-state index in [9.17, 15) is 4.79 Å². The van der Waals surface area contributed by atoms with Crippen LogP contribution in [0.5, 0.6) is 0 Å². The van der Waals surface area contributed by atoms with Crippen molar-refractivity contribution in [3.63, 3.8) is 0 Å². The predicted molar refractivity (Wildman–Crippen MR) is 62.2 cm³/mol. The second kappa shape index (κ2) is 4.02. The molecule has 0 unspecified atom stereocenters. The van der Waals surface area contributed by atoms with Crippen LogP contribution in [0.25, 0.3) is 10.6 Å². The van der Waals surface area contributed by atoms with E-state index in [4.69, 9.17) is 0 Å². The number of aromatic nitrogens is 1. The maximum atomic E-state index is 11.3. The van der Waals surface area contributed by atoms with E-state index in [1.807, 2.05) is 29.8 Å². The quantitative estimate of drug-likeness (QED) is 0.794. The summed E-state index contributed by atoms with van der Waals surface area (Å²) < 4.78 is 0. The van der Waals surface area contributed by atoms with Gasteiger partial charge in [0.1, 0.15) is 0 Å². The van der Waals surface area contributed by atoms with E-state index in [1.165, 1.54) is 0 Å². The predicted octanol–water partition coefficient (Wildman–Crippen LogP) is 2.83. The van der Waals surface area contributed by atoms with Crippen LogP contribution in [0, 0.1) is 0 Å².